The van der Waals surface area contributed by atoms with E-state index in [0.29, 0.717) is 12.8 Å². The molecule has 1 unspecified atom stereocenters. The fourth-order valence-electron chi connectivity index (χ4n) is 1.56. The van der Waals surface area contributed by atoms with Gasteiger partial charge < -0.3 is 4.74 Å². The fraction of sp³-hybridized carbons (Fsp3) is 0.417. The number of hydrogen-bond acceptors (Lipinski definition) is 4. The number of non-ortho nitro benzene ring substituents is 1. The van der Waals surface area contributed by atoms with Crippen molar-refractivity contribution in [1.29, 1.82) is 0 Å². The van der Waals surface area contributed by atoms with Gasteiger partial charge in [-0.25, -0.2) is 0 Å². The molecule has 0 spiro atoms. The van der Waals surface area contributed by atoms with E-state index in [1.165, 1.54) is 13.2 Å². The average molecular weight is 316 g/mol. The zero-order valence-corrected chi connectivity index (χ0v) is 11.6. The third-order valence-corrected chi connectivity index (χ3v) is 3.33. The van der Waals surface area contributed by atoms with Crippen molar-refractivity contribution in [3.8, 4) is 0 Å². The Morgan fingerprint density at radius 2 is 2.28 bits per heavy atom. The predicted molar refractivity (Wildman–Crippen MR) is 70.8 cm³/mol. The van der Waals surface area contributed by atoms with Crippen molar-refractivity contribution in [2.75, 3.05) is 7.11 Å². The lowest BCUT2D eigenvalue weighted by Crippen LogP contribution is -2.15. The number of rotatable bonds is 6. The van der Waals surface area contributed by atoms with Crippen LogP contribution in [0.4, 0.5) is 5.69 Å². The Bertz CT molecular complexity index is 436. The number of alkyl halides is 1. The Hall–Kier alpha value is -1.43. The largest absolute Gasteiger partial charge is 0.468 e. The molecule has 0 fully saturated rings. The molecule has 6 heteroatoms. The van der Waals surface area contributed by atoms with Crippen LogP contribution in [0.1, 0.15) is 18.4 Å². The molecule has 0 saturated carbocycles. The van der Waals surface area contributed by atoms with Crippen molar-refractivity contribution in [2.45, 2.75) is 24.1 Å². The molecule has 1 aromatic carbocycles. The summed E-state index contributed by atoms with van der Waals surface area (Å²) in [5.41, 5.74) is 0.990. The minimum absolute atomic E-state index is 0.0934. The number of halogens is 1. The Morgan fingerprint density at radius 1 is 1.56 bits per heavy atom. The standard InChI is InChI=1S/C12H14BrNO4/c1-18-12(15)11(13)7-3-5-9-4-2-6-10(8-9)14(16)17/h2,4,6,8,11H,3,5,7H2,1H3. The summed E-state index contributed by atoms with van der Waals surface area (Å²) in [7, 11) is 1.34. The number of benzene rings is 1. The number of carbonyl (C=O) groups excluding carboxylic acids is 1. The third-order valence-electron chi connectivity index (χ3n) is 2.50. The van der Waals surface area contributed by atoms with E-state index < -0.39 is 4.92 Å². The lowest BCUT2D eigenvalue weighted by Gasteiger charge is -2.07. The summed E-state index contributed by atoms with van der Waals surface area (Å²) in [6.45, 7) is 0. The van der Waals surface area contributed by atoms with Crippen LogP contribution >= 0.6 is 15.9 Å². The molecule has 98 valence electrons. The zero-order valence-electron chi connectivity index (χ0n) is 9.97. The Balaban J connectivity index is 2.46. The van der Waals surface area contributed by atoms with E-state index in [2.05, 4.69) is 20.7 Å². The van der Waals surface area contributed by atoms with Crippen molar-refractivity contribution >= 4 is 27.6 Å². The molecule has 0 aliphatic heterocycles. The summed E-state index contributed by atoms with van der Waals surface area (Å²) in [5, 5.41) is 10.6. The molecule has 0 aromatic heterocycles. The van der Waals surface area contributed by atoms with E-state index in [-0.39, 0.29) is 16.5 Å². The zero-order chi connectivity index (χ0) is 13.5. The van der Waals surface area contributed by atoms with Gasteiger partial charge in [0.15, 0.2) is 0 Å². The van der Waals surface area contributed by atoms with Crippen molar-refractivity contribution in [3.05, 3.63) is 39.9 Å². The molecule has 0 N–H and O–H groups in total. The lowest BCUT2D eigenvalue weighted by atomic mass is 10.1. The Morgan fingerprint density at radius 3 is 2.89 bits per heavy atom. The van der Waals surface area contributed by atoms with E-state index in [4.69, 9.17) is 0 Å². The highest BCUT2D eigenvalue weighted by atomic mass is 79.9. The van der Waals surface area contributed by atoms with Crippen molar-refractivity contribution in [2.24, 2.45) is 0 Å². The second-order valence-electron chi connectivity index (χ2n) is 3.81. The maximum atomic E-state index is 11.1. The number of aryl methyl sites for hydroxylation is 1. The van der Waals surface area contributed by atoms with Gasteiger partial charge in [-0.3, -0.25) is 14.9 Å². The van der Waals surface area contributed by atoms with Crippen LogP contribution in [-0.4, -0.2) is 22.8 Å². The Kier molecular flexibility index (Phi) is 5.77. The SMILES string of the molecule is COC(=O)C(Br)CCCc1cccc([N+](=O)[O-])c1. The fourth-order valence-corrected chi connectivity index (χ4v) is 2.07. The van der Waals surface area contributed by atoms with Gasteiger partial charge in [-0.2, -0.15) is 0 Å². The molecule has 0 amide bonds. The molecule has 1 atom stereocenters. The smallest absolute Gasteiger partial charge is 0.319 e. The second kappa shape index (κ2) is 7.10. The average Bonchev–Trinajstić information content (AvgIpc) is 2.38. The van der Waals surface area contributed by atoms with Crippen molar-refractivity contribution in [3.63, 3.8) is 0 Å². The summed E-state index contributed by atoms with van der Waals surface area (Å²) in [6, 6.07) is 6.53. The molecule has 0 aliphatic rings. The molecule has 18 heavy (non-hydrogen) atoms. The normalized spacial score (nSPS) is 11.9. The van der Waals surface area contributed by atoms with Crippen LogP contribution in [0.2, 0.25) is 0 Å². The van der Waals surface area contributed by atoms with Crippen molar-refractivity contribution in [1.82, 2.24) is 0 Å². The van der Waals surface area contributed by atoms with Crippen LogP contribution in [0.15, 0.2) is 24.3 Å². The van der Waals surface area contributed by atoms with E-state index in [1.54, 1.807) is 12.1 Å². The van der Waals surface area contributed by atoms with Gasteiger partial charge in [-0.15, -0.1) is 0 Å². The summed E-state index contributed by atoms with van der Waals surface area (Å²) >= 11 is 3.23. The maximum Gasteiger partial charge on any atom is 0.319 e. The van der Waals surface area contributed by atoms with Crippen LogP contribution < -0.4 is 0 Å². The van der Waals surface area contributed by atoms with Crippen LogP contribution in [0, 0.1) is 10.1 Å². The topological polar surface area (TPSA) is 69.4 Å². The van der Waals surface area contributed by atoms with Gasteiger partial charge >= 0.3 is 5.97 Å². The van der Waals surface area contributed by atoms with Gasteiger partial charge in [0, 0.05) is 12.1 Å². The molecular formula is C12H14BrNO4. The number of nitro benzene ring substituents is 1. The summed E-state index contributed by atoms with van der Waals surface area (Å²) in [4.78, 5) is 21.0. The lowest BCUT2D eigenvalue weighted by molar-refractivity contribution is -0.384. The van der Waals surface area contributed by atoms with E-state index in [9.17, 15) is 14.9 Å². The molecule has 1 rings (SSSR count). The van der Waals surface area contributed by atoms with Gasteiger partial charge in [0.1, 0.15) is 4.83 Å². The highest BCUT2D eigenvalue weighted by Gasteiger charge is 2.14. The minimum Gasteiger partial charge on any atom is -0.468 e. The van der Waals surface area contributed by atoms with Gasteiger partial charge in [0.05, 0.1) is 12.0 Å². The first-order valence-corrected chi connectivity index (χ1v) is 6.41. The molecule has 0 heterocycles. The number of ether oxygens (including phenoxy) is 1. The van der Waals surface area contributed by atoms with Gasteiger partial charge in [-0.05, 0) is 24.8 Å². The number of hydrogen-bond donors (Lipinski definition) is 0. The first-order valence-electron chi connectivity index (χ1n) is 5.50. The summed E-state index contributed by atoms with van der Waals surface area (Å²) in [6.07, 6.45) is 2.09. The highest BCUT2D eigenvalue weighted by molar-refractivity contribution is 9.10. The monoisotopic (exact) mass is 315 g/mol. The molecule has 0 aliphatic carbocycles. The first-order chi connectivity index (χ1) is 8.54. The molecule has 0 radical (unpaired) electrons. The first kappa shape index (κ1) is 14.6. The van der Waals surface area contributed by atoms with E-state index in [0.717, 1.165) is 12.0 Å². The van der Waals surface area contributed by atoms with Gasteiger partial charge in [0.2, 0.25) is 0 Å². The Labute approximate surface area is 113 Å². The summed E-state index contributed by atoms with van der Waals surface area (Å²) in [5.74, 6) is -0.297. The quantitative estimate of drug-likeness (QED) is 0.350. The van der Waals surface area contributed by atoms with Crippen LogP contribution in [0.25, 0.3) is 0 Å². The molecule has 1 aromatic rings. The van der Waals surface area contributed by atoms with Crippen LogP contribution in [-0.2, 0) is 16.0 Å². The van der Waals surface area contributed by atoms with E-state index in [1.807, 2.05) is 6.07 Å². The maximum absolute atomic E-state index is 11.1. The predicted octanol–water partition coefficient (Wildman–Crippen LogP) is 2.85. The second-order valence-corrected chi connectivity index (χ2v) is 4.92. The van der Waals surface area contributed by atoms with Crippen LogP contribution in [0.3, 0.4) is 0 Å². The number of nitrogens with zero attached hydrogens (tertiary/aromatic N) is 1. The third kappa shape index (κ3) is 4.44. The van der Waals surface area contributed by atoms with Gasteiger partial charge in [0.25, 0.3) is 5.69 Å². The minimum atomic E-state index is -0.411. The molecule has 0 saturated heterocycles. The highest BCUT2D eigenvalue weighted by Crippen LogP contribution is 2.17. The number of methoxy groups -OCH3 is 1. The number of carbonyl (C=O) groups is 1. The summed E-state index contributed by atoms with van der Waals surface area (Å²) < 4.78 is 4.59. The van der Waals surface area contributed by atoms with Gasteiger partial charge in [-0.1, -0.05) is 28.1 Å². The molecule has 5 nitrogen and oxygen atoms in total. The van der Waals surface area contributed by atoms with E-state index >= 15 is 0 Å². The van der Waals surface area contributed by atoms with Crippen molar-refractivity contribution < 1.29 is 14.5 Å². The van der Waals surface area contributed by atoms with Crippen LogP contribution in [0.5, 0.6) is 0 Å². The number of esters is 1. The number of nitro groups is 1. The molecular weight excluding hydrogens is 302 g/mol. The molecule has 0 bridgehead atoms.